The molecular weight excluding hydrogens is 452 g/mol. The molecule has 1 saturated carbocycles. The van der Waals surface area contributed by atoms with E-state index in [2.05, 4.69) is 33.7 Å². The summed E-state index contributed by atoms with van der Waals surface area (Å²) >= 11 is 0. The number of hydrogen-bond acceptors (Lipinski definition) is 5. The van der Waals surface area contributed by atoms with Crippen LogP contribution in [0.2, 0.25) is 0 Å². The van der Waals surface area contributed by atoms with E-state index < -0.39 is 0 Å². The van der Waals surface area contributed by atoms with Gasteiger partial charge in [0.1, 0.15) is 0 Å². The molecular formula is C29H34N4O3. The zero-order chi connectivity index (χ0) is 25.2. The number of amides is 2. The average molecular weight is 487 g/mol. The highest BCUT2D eigenvalue weighted by molar-refractivity contribution is 5.95. The molecule has 2 aromatic carbocycles. The number of ether oxygens (including phenoxy) is 1. The summed E-state index contributed by atoms with van der Waals surface area (Å²) in [6, 6.07) is 15.5. The number of nitriles is 1. The second-order valence-corrected chi connectivity index (χ2v) is 10.3. The molecule has 3 aliphatic rings. The number of nitrogens with zero attached hydrogens (tertiary/aromatic N) is 2. The topological polar surface area (TPSA) is 94.5 Å². The SMILES string of the molecule is COC[C@@H]1Nc2ccccc2[C@H]2[C@@H]1CCN2C(=O)[C@H]1CCCC[C@H]1NC(=O)c1ccc(C#N)c(C)c1. The van der Waals surface area contributed by atoms with Crippen LogP contribution in [0.25, 0.3) is 0 Å². The van der Waals surface area contributed by atoms with Gasteiger partial charge in [-0.2, -0.15) is 5.26 Å². The van der Waals surface area contributed by atoms with E-state index in [9.17, 15) is 14.9 Å². The largest absolute Gasteiger partial charge is 0.383 e. The molecule has 7 heteroatoms. The van der Waals surface area contributed by atoms with E-state index in [-0.39, 0.29) is 35.9 Å². The van der Waals surface area contributed by atoms with Gasteiger partial charge in [-0.15, -0.1) is 0 Å². The van der Waals surface area contributed by atoms with Crippen molar-refractivity contribution < 1.29 is 14.3 Å². The lowest BCUT2D eigenvalue weighted by Crippen LogP contribution is -2.50. The lowest BCUT2D eigenvalue weighted by atomic mass is 9.81. The lowest BCUT2D eigenvalue weighted by Gasteiger charge is -2.41. The van der Waals surface area contributed by atoms with Crippen LogP contribution in [-0.2, 0) is 9.53 Å². The first-order chi connectivity index (χ1) is 17.5. The third-order valence-corrected chi connectivity index (χ3v) is 8.22. The standard InChI is InChI=1S/C29H34N4O3/c1-18-15-19(11-12-20(18)16-30)28(34)32-25-10-6-4-8-23(25)29(35)33-14-13-22-26(17-36-2)31-24-9-5-3-7-21(24)27(22)33/h3,5,7,9,11-12,15,22-23,25-27,31H,4,6,8,10,13-14,17H2,1-2H3,(H,32,34)/t22-,23+,25-,26+,27+/m1/s1. The molecule has 2 N–H and O–H groups in total. The Labute approximate surface area is 212 Å². The van der Waals surface area contributed by atoms with Crippen LogP contribution in [-0.4, -0.2) is 49.1 Å². The molecule has 5 atom stereocenters. The van der Waals surface area contributed by atoms with Gasteiger partial charge in [-0.25, -0.2) is 0 Å². The Morgan fingerprint density at radius 2 is 1.97 bits per heavy atom. The zero-order valence-corrected chi connectivity index (χ0v) is 21.0. The highest BCUT2D eigenvalue weighted by atomic mass is 16.5. The number of carbonyl (C=O) groups excluding carboxylic acids is 2. The second kappa shape index (κ2) is 10.3. The van der Waals surface area contributed by atoms with Crippen LogP contribution in [0.1, 0.15) is 65.2 Å². The molecule has 36 heavy (non-hydrogen) atoms. The Kier molecular flexibility index (Phi) is 6.97. The summed E-state index contributed by atoms with van der Waals surface area (Å²) in [5.74, 6) is 0.0289. The highest BCUT2D eigenvalue weighted by Gasteiger charge is 2.48. The van der Waals surface area contributed by atoms with Crippen LogP contribution in [0, 0.1) is 30.1 Å². The van der Waals surface area contributed by atoms with Gasteiger partial charge in [-0.1, -0.05) is 31.0 Å². The van der Waals surface area contributed by atoms with Gasteiger partial charge in [0.25, 0.3) is 5.91 Å². The van der Waals surface area contributed by atoms with Crippen LogP contribution in [0.4, 0.5) is 5.69 Å². The first-order valence-corrected chi connectivity index (χ1v) is 13.0. The summed E-state index contributed by atoms with van der Waals surface area (Å²) in [6.45, 7) is 3.15. The van der Waals surface area contributed by atoms with Crippen LogP contribution in [0.5, 0.6) is 0 Å². The molecule has 188 valence electrons. The molecule has 2 aliphatic heterocycles. The highest BCUT2D eigenvalue weighted by Crippen LogP contribution is 2.47. The Morgan fingerprint density at radius 3 is 2.75 bits per heavy atom. The van der Waals surface area contributed by atoms with Crippen molar-refractivity contribution in [3.05, 3.63) is 64.7 Å². The fourth-order valence-electron chi connectivity index (χ4n) is 6.42. The van der Waals surface area contributed by atoms with Crippen molar-refractivity contribution in [1.29, 1.82) is 5.26 Å². The molecule has 0 radical (unpaired) electrons. The fourth-order valence-corrected chi connectivity index (χ4v) is 6.42. The van der Waals surface area contributed by atoms with Gasteiger partial charge in [-0.3, -0.25) is 9.59 Å². The van der Waals surface area contributed by atoms with Crippen LogP contribution in [0.15, 0.2) is 42.5 Å². The molecule has 0 spiro atoms. The molecule has 2 fully saturated rings. The van der Waals surface area contributed by atoms with E-state index in [1.54, 1.807) is 25.3 Å². The molecule has 2 heterocycles. The van der Waals surface area contributed by atoms with Crippen molar-refractivity contribution in [2.75, 3.05) is 25.6 Å². The van der Waals surface area contributed by atoms with Crippen molar-refractivity contribution >= 4 is 17.5 Å². The summed E-state index contributed by atoms with van der Waals surface area (Å²) in [5, 5.41) is 16.0. The molecule has 7 nitrogen and oxygen atoms in total. The normalized spacial score (nSPS) is 26.8. The number of fused-ring (bicyclic) bond motifs is 3. The Bertz CT molecular complexity index is 1190. The van der Waals surface area contributed by atoms with E-state index in [0.717, 1.165) is 49.9 Å². The Balaban J connectivity index is 1.37. The lowest BCUT2D eigenvalue weighted by molar-refractivity contribution is -0.139. The van der Waals surface area contributed by atoms with Crippen molar-refractivity contribution in [3.8, 4) is 6.07 Å². The number of para-hydroxylation sites is 1. The first-order valence-electron chi connectivity index (χ1n) is 13.0. The smallest absolute Gasteiger partial charge is 0.251 e. The summed E-state index contributed by atoms with van der Waals surface area (Å²) in [7, 11) is 1.72. The van der Waals surface area contributed by atoms with Crippen molar-refractivity contribution in [2.24, 2.45) is 11.8 Å². The van der Waals surface area contributed by atoms with Crippen LogP contribution in [0.3, 0.4) is 0 Å². The number of carbonyl (C=O) groups is 2. The van der Waals surface area contributed by atoms with Crippen molar-refractivity contribution in [3.63, 3.8) is 0 Å². The first kappa shape index (κ1) is 24.3. The number of rotatable bonds is 5. The van der Waals surface area contributed by atoms with Gasteiger partial charge in [-0.05, 0) is 61.6 Å². The van der Waals surface area contributed by atoms with Gasteiger partial charge in [0, 0.05) is 36.9 Å². The summed E-state index contributed by atoms with van der Waals surface area (Å²) in [6.07, 6.45) is 4.50. The van der Waals surface area contributed by atoms with Gasteiger partial charge < -0.3 is 20.3 Å². The number of benzene rings is 2. The van der Waals surface area contributed by atoms with Gasteiger partial charge >= 0.3 is 0 Å². The number of aryl methyl sites for hydroxylation is 1. The molecule has 0 aromatic heterocycles. The van der Waals surface area contributed by atoms with E-state index in [1.807, 2.05) is 19.1 Å². The zero-order valence-electron chi connectivity index (χ0n) is 21.0. The number of hydrogen-bond donors (Lipinski definition) is 2. The number of likely N-dealkylation sites (tertiary alicyclic amines) is 1. The third kappa shape index (κ3) is 4.46. The minimum atomic E-state index is -0.233. The summed E-state index contributed by atoms with van der Waals surface area (Å²) in [4.78, 5) is 29.3. The number of anilines is 1. The minimum Gasteiger partial charge on any atom is -0.383 e. The summed E-state index contributed by atoms with van der Waals surface area (Å²) in [5.41, 5.74) is 4.11. The molecule has 1 saturated heterocycles. The predicted molar refractivity (Wildman–Crippen MR) is 137 cm³/mol. The van der Waals surface area contributed by atoms with Crippen LogP contribution >= 0.6 is 0 Å². The van der Waals surface area contributed by atoms with E-state index >= 15 is 0 Å². The van der Waals surface area contributed by atoms with Crippen LogP contribution < -0.4 is 10.6 Å². The number of methoxy groups -OCH3 is 1. The van der Waals surface area contributed by atoms with Crippen molar-refractivity contribution in [1.82, 2.24) is 10.2 Å². The monoisotopic (exact) mass is 486 g/mol. The van der Waals surface area contributed by atoms with Gasteiger partial charge in [0.2, 0.25) is 5.91 Å². The molecule has 0 unspecified atom stereocenters. The second-order valence-electron chi connectivity index (χ2n) is 10.3. The molecule has 0 bridgehead atoms. The maximum atomic E-state index is 14.1. The van der Waals surface area contributed by atoms with E-state index in [1.165, 1.54) is 5.56 Å². The molecule has 2 aromatic rings. The third-order valence-electron chi connectivity index (χ3n) is 8.22. The average Bonchev–Trinajstić information content (AvgIpc) is 3.35. The fraction of sp³-hybridized carbons (Fsp3) is 0.483. The van der Waals surface area contributed by atoms with E-state index in [4.69, 9.17) is 4.74 Å². The maximum absolute atomic E-state index is 14.1. The molecule has 2 amide bonds. The summed E-state index contributed by atoms with van der Waals surface area (Å²) < 4.78 is 5.51. The Morgan fingerprint density at radius 1 is 1.17 bits per heavy atom. The van der Waals surface area contributed by atoms with Gasteiger partial charge in [0.15, 0.2) is 0 Å². The quantitative estimate of drug-likeness (QED) is 0.661. The predicted octanol–water partition coefficient (Wildman–Crippen LogP) is 4.19. The number of nitrogens with one attached hydrogen (secondary N) is 2. The van der Waals surface area contributed by atoms with Gasteiger partial charge in [0.05, 0.1) is 36.2 Å². The molecule has 5 rings (SSSR count). The minimum absolute atomic E-state index is 0.0227. The Hall–Kier alpha value is -3.37. The molecule has 1 aliphatic carbocycles. The van der Waals surface area contributed by atoms with E-state index in [0.29, 0.717) is 23.7 Å². The maximum Gasteiger partial charge on any atom is 0.251 e. The van der Waals surface area contributed by atoms with Crippen molar-refractivity contribution in [2.45, 2.75) is 57.2 Å².